The Kier molecular flexibility index (Phi) is 1.85. The third-order valence-corrected chi connectivity index (χ3v) is 1.58. The van der Waals surface area contributed by atoms with Crippen LogP contribution in [-0.4, -0.2) is 4.98 Å². The van der Waals surface area contributed by atoms with Crippen LogP contribution in [0.15, 0.2) is 18.3 Å². The fraction of sp³-hybridized carbons (Fsp3) is 0.444. The molecule has 0 aliphatic carbocycles. The minimum absolute atomic E-state index is 0.0919. The molecule has 0 unspecified atom stereocenters. The van der Waals surface area contributed by atoms with E-state index >= 15 is 0 Å². The van der Waals surface area contributed by atoms with E-state index in [0.717, 1.165) is 5.56 Å². The minimum atomic E-state index is -0.111. The zero-order valence-corrected chi connectivity index (χ0v) is 7.09. The summed E-state index contributed by atoms with van der Waals surface area (Å²) < 4.78 is 0. The number of hydrogen-bond acceptors (Lipinski definition) is 1. The quantitative estimate of drug-likeness (QED) is 0.559. The zero-order chi connectivity index (χ0) is 8.48. The van der Waals surface area contributed by atoms with Crippen molar-refractivity contribution in [3.05, 3.63) is 23.9 Å². The first-order chi connectivity index (χ1) is 5.02. The van der Waals surface area contributed by atoms with Crippen LogP contribution in [0.5, 0.6) is 5.88 Å². The summed E-state index contributed by atoms with van der Waals surface area (Å²) in [5.41, 5.74) is 0.686. The average molecular weight is 150 g/mol. The van der Waals surface area contributed by atoms with Crippen molar-refractivity contribution in [2.75, 3.05) is 0 Å². The van der Waals surface area contributed by atoms with E-state index in [2.05, 4.69) is 4.98 Å². The highest BCUT2D eigenvalue weighted by atomic mass is 16.3. The highest BCUT2D eigenvalue weighted by molar-refractivity contribution is 5.30. The molecule has 0 fully saturated rings. The summed E-state index contributed by atoms with van der Waals surface area (Å²) >= 11 is 0. The van der Waals surface area contributed by atoms with Crippen LogP contribution in [0.4, 0.5) is 0 Å². The lowest BCUT2D eigenvalue weighted by molar-refractivity contribution is 0.323. The Morgan fingerprint density at radius 2 is 2.00 bits per heavy atom. The molecule has 0 aromatic carbocycles. The van der Waals surface area contributed by atoms with Gasteiger partial charge in [0.1, 0.15) is 0 Å². The molecule has 1 rings (SSSR count). The van der Waals surface area contributed by atoms with Gasteiger partial charge in [-0.25, -0.2) is 4.98 Å². The van der Waals surface area contributed by atoms with Gasteiger partial charge in [-0.1, -0.05) is 26.8 Å². The predicted molar refractivity (Wildman–Crippen MR) is 43.1 cm³/mol. The maximum Gasteiger partial charge on any atom is 0.273 e. The third kappa shape index (κ3) is 1.70. The first-order valence-electron chi connectivity index (χ1n) is 3.64. The molecule has 0 N–H and O–H groups in total. The van der Waals surface area contributed by atoms with E-state index in [4.69, 9.17) is 0 Å². The van der Waals surface area contributed by atoms with Crippen molar-refractivity contribution in [1.82, 2.24) is 4.98 Å². The van der Waals surface area contributed by atoms with Crippen LogP contribution in [0.25, 0.3) is 0 Å². The molecule has 0 spiro atoms. The van der Waals surface area contributed by atoms with Gasteiger partial charge in [-0.05, 0) is 11.5 Å². The second-order valence-electron chi connectivity index (χ2n) is 3.61. The maximum absolute atomic E-state index is 11.2. The van der Waals surface area contributed by atoms with Crippen molar-refractivity contribution in [1.29, 1.82) is 0 Å². The molecule has 0 aliphatic heterocycles. The summed E-state index contributed by atoms with van der Waals surface area (Å²) in [6.07, 6.45) is 1.53. The van der Waals surface area contributed by atoms with Gasteiger partial charge in [0, 0.05) is 11.8 Å². The summed E-state index contributed by atoms with van der Waals surface area (Å²) in [6.45, 7) is 6.02. The van der Waals surface area contributed by atoms with E-state index < -0.39 is 0 Å². The van der Waals surface area contributed by atoms with Crippen LogP contribution in [0, 0.1) is 0 Å². The molecule has 0 aliphatic rings. The van der Waals surface area contributed by atoms with Crippen molar-refractivity contribution < 1.29 is 5.11 Å². The number of aromatic nitrogens is 1. The number of nitrogens with zero attached hydrogens (tertiary/aromatic N) is 1. The van der Waals surface area contributed by atoms with Gasteiger partial charge in [-0.15, -0.1) is 0 Å². The molecule has 0 amide bonds. The lowest BCUT2D eigenvalue weighted by atomic mass is 9.88. The van der Waals surface area contributed by atoms with Gasteiger partial charge in [-0.2, -0.15) is 0 Å². The van der Waals surface area contributed by atoms with E-state index in [-0.39, 0.29) is 11.3 Å². The first kappa shape index (κ1) is 8.05. The normalized spacial score (nSPS) is 11.5. The molecule has 0 atom stereocenters. The highest BCUT2D eigenvalue weighted by Crippen LogP contribution is 2.28. The van der Waals surface area contributed by atoms with Crippen LogP contribution in [0.2, 0.25) is 0 Å². The van der Waals surface area contributed by atoms with Crippen LogP contribution < -0.4 is 0 Å². The summed E-state index contributed by atoms with van der Waals surface area (Å²) in [6, 6.07) is 3.62. The van der Waals surface area contributed by atoms with Gasteiger partial charge in [0.15, 0.2) is 0 Å². The standard InChI is InChI=1S/C9H12NO/c1-9(2,3)7-5-4-6-10-8(7)11/h4-6H,1-3H3. The molecule has 2 nitrogen and oxygen atoms in total. The van der Waals surface area contributed by atoms with E-state index in [1.807, 2.05) is 26.8 Å². The van der Waals surface area contributed by atoms with Gasteiger partial charge >= 0.3 is 0 Å². The Morgan fingerprint density at radius 3 is 2.36 bits per heavy atom. The number of pyridine rings is 1. The molecule has 1 aromatic heterocycles. The van der Waals surface area contributed by atoms with Gasteiger partial charge in [0.05, 0.1) is 0 Å². The van der Waals surface area contributed by atoms with Crippen molar-refractivity contribution in [2.24, 2.45) is 0 Å². The molecule has 1 aromatic rings. The Bertz CT molecular complexity index is 250. The molecule has 1 radical (unpaired) electrons. The van der Waals surface area contributed by atoms with E-state index in [0.29, 0.717) is 0 Å². The minimum Gasteiger partial charge on any atom is -0.267 e. The predicted octanol–water partition coefficient (Wildman–Crippen LogP) is 2.52. The summed E-state index contributed by atoms with van der Waals surface area (Å²) in [7, 11) is 0. The maximum atomic E-state index is 11.2. The molecule has 1 heterocycles. The Balaban J connectivity index is 3.14. The smallest absolute Gasteiger partial charge is 0.267 e. The van der Waals surface area contributed by atoms with Crippen LogP contribution in [0.1, 0.15) is 26.3 Å². The van der Waals surface area contributed by atoms with Gasteiger partial charge in [0.25, 0.3) is 5.88 Å². The Labute approximate surface area is 66.9 Å². The van der Waals surface area contributed by atoms with E-state index in [1.54, 1.807) is 6.07 Å². The van der Waals surface area contributed by atoms with Gasteiger partial charge in [-0.3, -0.25) is 5.11 Å². The van der Waals surface area contributed by atoms with Crippen LogP contribution >= 0.6 is 0 Å². The average Bonchev–Trinajstić information content (AvgIpc) is 1.86. The molecule has 0 saturated carbocycles. The molecule has 59 valence electrons. The topological polar surface area (TPSA) is 32.8 Å². The summed E-state index contributed by atoms with van der Waals surface area (Å²) in [5, 5.41) is 11.2. The summed E-state index contributed by atoms with van der Waals surface area (Å²) in [4.78, 5) is 3.69. The van der Waals surface area contributed by atoms with Gasteiger partial charge in [0.2, 0.25) is 0 Å². The third-order valence-electron chi connectivity index (χ3n) is 1.58. The second-order valence-corrected chi connectivity index (χ2v) is 3.61. The first-order valence-corrected chi connectivity index (χ1v) is 3.64. The van der Waals surface area contributed by atoms with Crippen molar-refractivity contribution in [2.45, 2.75) is 26.2 Å². The molecular formula is C9H12NO. The Hall–Kier alpha value is -1.05. The molecule has 0 bridgehead atoms. The van der Waals surface area contributed by atoms with Gasteiger partial charge < -0.3 is 0 Å². The van der Waals surface area contributed by atoms with Crippen molar-refractivity contribution in [3.8, 4) is 5.88 Å². The second kappa shape index (κ2) is 2.53. The fourth-order valence-electron chi connectivity index (χ4n) is 0.962. The van der Waals surface area contributed by atoms with Crippen molar-refractivity contribution >= 4 is 0 Å². The zero-order valence-electron chi connectivity index (χ0n) is 7.09. The van der Waals surface area contributed by atoms with Crippen molar-refractivity contribution in [3.63, 3.8) is 0 Å². The number of rotatable bonds is 0. The molecule has 2 heteroatoms. The monoisotopic (exact) mass is 150 g/mol. The van der Waals surface area contributed by atoms with E-state index in [9.17, 15) is 5.11 Å². The summed E-state index contributed by atoms with van der Waals surface area (Å²) in [5.74, 6) is -0.111. The number of hydrogen-bond donors (Lipinski definition) is 0. The fourth-order valence-corrected chi connectivity index (χ4v) is 0.962. The lowest BCUT2D eigenvalue weighted by Gasteiger charge is -2.17. The highest BCUT2D eigenvalue weighted by Gasteiger charge is 2.18. The molecule has 0 saturated heterocycles. The van der Waals surface area contributed by atoms with Crippen LogP contribution in [0.3, 0.4) is 0 Å². The van der Waals surface area contributed by atoms with E-state index in [1.165, 1.54) is 6.20 Å². The molecule has 11 heavy (non-hydrogen) atoms. The lowest BCUT2D eigenvalue weighted by Crippen LogP contribution is -2.11. The van der Waals surface area contributed by atoms with Crippen LogP contribution in [-0.2, 0) is 10.5 Å². The SMILES string of the molecule is CC(C)(C)c1cccnc1[O]. The Morgan fingerprint density at radius 1 is 1.36 bits per heavy atom. The molecular weight excluding hydrogens is 138 g/mol. The largest absolute Gasteiger partial charge is 0.273 e.